The molecule has 0 aromatic carbocycles. The third-order valence-electron chi connectivity index (χ3n) is 3.86. The van der Waals surface area contributed by atoms with Gasteiger partial charge in [-0.15, -0.1) is 0 Å². The van der Waals surface area contributed by atoms with Crippen LogP contribution < -0.4 is 5.32 Å². The van der Waals surface area contributed by atoms with E-state index in [0.29, 0.717) is 0 Å². The molecule has 0 saturated carbocycles. The van der Waals surface area contributed by atoms with Crippen LogP contribution in [0.25, 0.3) is 0 Å². The molecule has 1 aliphatic heterocycles. The van der Waals surface area contributed by atoms with Gasteiger partial charge in [-0.05, 0) is 12.8 Å². The van der Waals surface area contributed by atoms with Crippen molar-refractivity contribution in [3.8, 4) is 0 Å². The quantitative estimate of drug-likeness (QED) is 0.548. The Labute approximate surface area is 127 Å². The zero-order valence-corrected chi connectivity index (χ0v) is 14.0. The highest BCUT2D eigenvalue weighted by Gasteiger charge is 2.03. The molecule has 20 heavy (non-hydrogen) atoms. The summed E-state index contributed by atoms with van der Waals surface area (Å²) >= 11 is 0. The first-order valence-electron chi connectivity index (χ1n) is 9.08. The lowest BCUT2D eigenvalue weighted by Crippen LogP contribution is -2.21. The topological polar surface area (TPSA) is 29.1 Å². The molecule has 0 atom stereocenters. The Balaban J connectivity index is 0.000000388. The molecule has 0 aromatic heterocycles. The molecule has 0 bridgehead atoms. The lowest BCUT2D eigenvalue weighted by molar-refractivity contribution is -0.120. The van der Waals surface area contributed by atoms with Crippen LogP contribution in [0.15, 0.2) is 0 Å². The Morgan fingerprint density at radius 1 is 0.750 bits per heavy atom. The Morgan fingerprint density at radius 3 is 1.75 bits per heavy atom. The first-order valence-corrected chi connectivity index (χ1v) is 9.08. The Morgan fingerprint density at radius 2 is 1.25 bits per heavy atom. The highest BCUT2D eigenvalue weighted by molar-refractivity contribution is 5.75. The van der Waals surface area contributed by atoms with E-state index in [4.69, 9.17) is 0 Å². The zero-order chi connectivity index (χ0) is 14.9. The largest absolute Gasteiger partial charge is 0.356 e. The van der Waals surface area contributed by atoms with Gasteiger partial charge >= 0.3 is 0 Å². The van der Waals surface area contributed by atoms with E-state index in [9.17, 15) is 4.79 Å². The van der Waals surface area contributed by atoms with E-state index < -0.39 is 0 Å². The maximum absolute atomic E-state index is 10.6. The fourth-order valence-electron chi connectivity index (χ4n) is 2.46. The normalized spacial score (nSPS) is 15.0. The van der Waals surface area contributed by atoms with Crippen LogP contribution in [0.1, 0.15) is 104 Å². The summed E-state index contributed by atoms with van der Waals surface area (Å²) in [5.74, 6) is 0.225. The Bertz CT molecular complexity index is 184. The molecular formula is C18H37NO. The summed E-state index contributed by atoms with van der Waals surface area (Å²) < 4.78 is 0. The summed E-state index contributed by atoms with van der Waals surface area (Å²) in [5, 5.41) is 2.81. The Hall–Kier alpha value is -0.530. The lowest BCUT2D eigenvalue weighted by Gasteiger charge is -1.99. The minimum Gasteiger partial charge on any atom is -0.356 e. The van der Waals surface area contributed by atoms with E-state index in [1.807, 2.05) is 0 Å². The summed E-state index contributed by atoms with van der Waals surface area (Å²) in [7, 11) is 0. The molecule has 1 rings (SSSR count). The van der Waals surface area contributed by atoms with Crippen molar-refractivity contribution in [3.63, 3.8) is 0 Å². The fraction of sp³-hybridized carbons (Fsp3) is 0.944. The Kier molecular flexibility index (Phi) is 16.1. The van der Waals surface area contributed by atoms with E-state index >= 15 is 0 Å². The number of rotatable bonds is 9. The van der Waals surface area contributed by atoms with E-state index in [0.717, 1.165) is 25.8 Å². The molecule has 2 heteroatoms. The zero-order valence-electron chi connectivity index (χ0n) is 14.0. The molecule has 0 radical (unpaired) electrons. The van der Waals surface area contributed by atoms with Crippen molar-refractivity contribution in [2.45, 2.75) is 104 Å². The van der Waals surface area contributed by atoms with Crippen molar-refractivity contribution in [2.75, 3.05) is 6.54 Å². The van der Waals surface area contributed by atoms with Crippen LogP contribution in [0, 0.1) is 0 Å². The molecule has 2 nitrogen and oxygen atoms in total. The van der Waals surface area contributed by atoms with Crippen molar-refractivity contribution in [1.29, 1.82) is 0 Å². The maximum Gasteiger partial charge on any atom is 0.219 e. The standard InChI is InChI=1S/C12H26.C6H11NO/c1-3-5-7-9-11-12-10-8-6-4-2;8-6-4-2-1-3-5-7-6/h3-12H2,1-2H3;1-5H2,(H,7,8). The number of hydrogen-bond donors (Lipinski definition) is 1. The van der Waals surface area contributed by atoms with Crippen LogP contribution in [-0.4, -0.2) is 12.5 Å². The molecular weight excluding hydrogens is 246 g/mol. The van der Waals surface area contributed by atoms with Gasteiger partial charge in [0.25, 0.3) is 0 Å². The average Bonchev–Trinajstić information content (AvgIpc) is 2.70. The van der Waals surface area contributed by atoms with Crippen LogP contribution in [0.2, 0.25) is 0 Å². The van der Waals surface area contributed by atoms with Crippen molar-refractivity contribution in [3.05, 3.63) is 0 Å². The van der Waals surface area contributed by atoms with Gasteiger partial charge in [0.2, 0.25) is 5.91 Å². The van der Waals surface area contributed by atoms with Gasteiger partial charge in [0.1, 0.15) is 0 Å². The maximum atomic E-state index is 10.6. The van der Waals surface area contributed by atoms with Gasteiger partial charge in [-0.2, -0.15) is 0 Å². The summed E-state index contributed by atoms with van der Waals surface area (Å²) in [5.41, 5.74) is 0. The highest BCUT2D eigenvalue weighted by atomic mass is 16.1. The molecule has 1 saturated heterocycles. The monoisotopic (exact) mass is 283 g/mol. The molecule has 1 N–H and O–H groups in total. The minimum atomic E-state index is 0.225. The van der Waals surface area contributed by atoms with E-state index in [1.165, 1.54) is 70.6 Å². The molecule has 0 aromatic rings. The fourth-order valence-corrected chi connectivity index (χ4v) is 2.46. The average molecular weight is 283 g/mol. The number of amides is 1. The van der Waals surface area contributed by atoms with Crippen molar-refractivity contribution >= 4 is 5.91 Å². The molecule has 1 aliphatic rings. The van der Waals surface area contributed by atoms with Crippen molar-refractivity contribution in [1.82, 2.24) is 5.32 Å². The second-order valence-electron chi connectivity index (χ2n) is 5.99. The van der Waals surface area contributed by atoms with Gasteiger partial charge < -0.3 is 5.32 Å². The predicted octanol–water partition coefficient (Wildman–Crippen LogP) is 5.60. The van der Waals surface area contributed by atoms with Gasteiger partial charge in [0.05, 0.1) is 0 Å². The lowest BCUT2D eigenvalue weighted by atomic mass is 10.1. The van der Waals surface area contributed by atoms with Gasteiger partial charge in [-0.1, -0.05) is 84.5 Å². The number of hydrogen-bond acceptors (Lipinski definition) is 1. The molecule has 0 unspecified atom stereocenters. The van der Waals surface area contributed by atoms with E-state index in [-0.39, 0.29) is 5.91 Å². The van der Waals surface area contributed by atoms with Crippen LogP contribution in [-0.2, 0) is 4.79 Å². The van der Waals surface area contributed by atoms with E-state index in [1.54, 1.807) is 0 Å². The first-order chi connectivity index (χ1) is 9.81. The van der Waals surface area contributed by atoms with Crippen LogP contribution >= 0.6 is 0 Å². The van der Waals surface area contributed by atoms with Gasteiger partial charge in [-0.25, -0.2) is 0 Å². The third kappa shape index (κ3) is 15.5. The molecule has 1 fully saturated rings. The molecule has 0 aliphatic carbocycles. The number of nitrogens with one attached hydrogen (secondary N) is 1. The number of carbonyl (C=O) groups is 1. The minimum absolute atomic E-state index is 0.225. The second-order valence-corrected chi connectivity index (χ2v) is 5.99. The van der Waals surface area contributed by atoms with Gasteiger partial charge in [0.15, 0.2) is 0 Å². The molecule has 1 amide bonds. The molecule has 1 heterocycles. The molecule has 120 valence electrons. The van der Waals surface area contributed by atoms with Crippen LogP contribution in [0.3, 0.4) is 0 Å². The van der Waals surface area contributed by atoms with Crippen LogP contribution in [0.4, 0.5) is 0 Å². The van der Waals surface area contributed by atoms with Gasteiger partial charge in [-0.3, -0.25) is 4.79 Å². The summed E-state index contributed by atoms with van der Waals surface area (Å²) in [6, 6.07) is 0. The number of carbonyl (C=O) groups excluding carboxylic acids is 1. The third-order valence-corrected chi connectivity index (χ3v) is 3.86. The van der Waals surface area contributed by atoms with Gasteiger partial charge in [0, 0.05) is 13.0 Å². The SMILES string of the molecule is CCCCCCCCCCCC.O=C1CCCCCN1. The summed E-state index contributed by atoms with van der Waals surface area (Å²) in [4.78, 5) is 10.6. The predicted molar refractivity (Wildman–Crippen MR) is 89.0 cm³/mol. The van der Waals surface area contributed by atoms with Crippen molar-refractivity contribution < 1.29 is 4.79 Å². The summed E-state index contributed by atoms with van der Waals surface area (Å²) in [6.45, 7) is 5.45. The second kappa shape index (κ2) is 16.5. The first kappa shape index (κ1) is 19.5. The summed E-state index contributed by atoms with van der Waals surface area (Å²) in [6.07, 6.45) is 18.6. The van der Waals surface area contributed by atoms with Crippen molar-refractivity contribution in [2.24, 2.45) is 0 Å². The number of unbranched alkanes of at least 4 members (excludes halogenated alkanes) is 9. The molecule has 0 spiro atoms. The van der Waals surface area contributed by atoms with Crippen LogP contribution in [0.5, 0.6) is 0 Å². The smallest absolute Gasteiger partial charge is 0.219 e. The highest BCUT2D eigenvalue weighted by Crippen LogP contribution is 2.09. The van der Waals surface area contributed by atoms with E-state index in [2.05, 4.69) is 19.2 Å².